The van der Waals surface area contributed by atoms with Gasteiger partial charge in [0.1, 0.15) is 12.1 Å². The number of amides is 2. The van der Waals surface area contributed by atoms with Gasteiger partial charge in [0, 0.05) is 6.04 Å². The zero-order valence-corrected chi connectivity index (χ0v) is 13.2. The molecule has 21 heavy (non-hydrogen) atoms. The Balaban J connectivity index is 1.58. The van der Waals surface area contributed by atoms with Crippen LogP contribution in [0.4, 0.5) is 0 Å². The van der Waals surface area contributed by atoms with E-state index < -0.39 is 0 Å². The number of hydrogen-bond donors (Lipinski definition) is 1. The highest BCUT2D eigenvalue weighted by Gasteiger charge is 2.69. The molecule has 3 aliphatic carbocycles. The summed E-state index contributed by atoms with van der Waals surface area (Å²) in [4.78, 5) is 27.2. The Hall–Kier alpha value is -1.06. The Bertz CT molecular complexity index is 475. The minimum Gasteiger partial charge on any atom is -0.342 e. The molecule has 0 radical (unpaired) electrons. The van der Waals surface area contributed by atoms with Crippen LogP contribution in [0.25, 0.3) is 0 Å². The Kier molecular flexibility index (Phi) is 2.89. The molecule has 116 valence electrons. The maximum absolute atomic E-state index is 12.9. The van der Waals surface area contributed by atoms with Gasteiger partial charge >= 0.3 is 0 Å². The molecule has 1 saturated heterocycles. The molecular weight excluding hydrogens is 264 g/mol. The fourth-order valence-corrected chi connectivity index (χ4v) is 5.49. The lowest BCUT2D eigenvalue weighted by atomic mass is 9.93. The predicted molar refractivity (Wildman–Crippen MR) is 79.3 cm³/mol. The molecule has 4 nitrogen and oxygen atoms in total. The first-order chi connectivity index (χ1) is 10.0. The van der Waals surface area contributed by atoms with Crippen LogP contribution < -0.4 is 5.32 Å². The summed E-state index contributed by atoms with van der Waals surface area (Å²) in [6.07, 6.45) is 4.99. The van der Waals surface area contributed by atoms with E-state index >= 15 is 0 Å². The highest BCUT2D eigenvalue weighted by molar-refractivity contribution is 5.97. The second-order valence-electron chi connectivity index (χ2n) is 7.77. The summed E-state index contributed by atoms with van der Waals surface area (Å²) >= 11 is 0. The Labute approximate surface area is 126 Å². The van der Waals surface area contributed by atoms with E-state index in [9.17, 15) is 9.59 Å². The second kappa shape index (κ2) is 4.47. The topological polar surface area (TPSA) is 49.4 Å². The lowest BCUT2D eigenvalue weighted by Crippen LogP contribution is -2.65. The van der Waals surface area contributed by atoms with Crippen LogP contribution in [-0.4, -0.2) is 34.8 Å². The number of fused-ring (bicyclic) bond motifs is 5. The highest BCUT2D eigenvalue weighted by atomic mass is 16.2. The third-order valence-electron chi connectivity index (χ3n) is 6.84. The summed E-state index contributed by atoms with van der Waals surface area (Å²) in [5.41, 5.74) is 0. The molecule has 4 fully saturated rings. The molecule has 3 saturated carbocycles. The molecule has 4 heteroatoms. The van der Waals surface area contributed by atoms with Crippen LogP contribution in [0.2, 0.25) is 0 Å². The zero-order chi connectivity index (χ0) is 14.9. The van der Waals surface area contributed by atoms with Crippen LogP contribution in [0.3, 0.4) is 0 Å². The van der Waals surface area contributed by atoms with Gasteiger partial charge in [-0.3, -0.25) is 9.59 Å². The first-order valence-electron chi connectivity index (χ1n) is 8.67. The first kappa shape index (κ1) is 13.6. The number of nitrogens with zero attached hydrogens (tertiary/aromatic N) is 1. The highest BCUT2D eigenvalue weighted by Crippen LogP contribution is 2.67. The largest absolute Gasteiger partial charge is 0.342 e. The van der Waals surface area contributed by atoms with Gasteiger partial charge in [-0.15, -0.1) is 0 Å². The minimum absolute atomic E-state index is 0.0391. The maximum Gasteiger partial charge on any atom is 0.246 e. The predicted octanol–water partition coefficient (Wildman–Crippen LogP) is 1.79. The normalized spacial score (nSPS) is 49.1. The van der Waals surface area contributed by atoms with Crippen molar-refractivity contribution in [1.82, 2.24) is 10.2 Å². The maximum atomic E-state index is 12.9. The van der Waals surface area contributed by atoms with Crippen molar-refractivity contribution >= 4 is 11.8 Å². The molecule has 0 aromatic carbocycles. The van der Waals surface area contributed by atoms with E-state index in [-0.39, 0.29) is 29.8 Å². The third-order valence-corrected chi connectivity index (χ3v) is 6.84. The monoisotopic (exact) mass is 290 g/mol. The smallest absolute Gasteiger partial charge is 0.246 e. The van der Waals surface area contributed by atoms with Crippen LogP contribution in [0.15, 0.2) is 0 Å². The van der Waals surface area contributed by atoms with Crippen molar-refractivity contribution in [1.29, 1.82) is 0 Å². The molecule has 0 spiro atoms. The van der Waals surface area contributed by atoms with E-state index in [1.807, 2.05) is 11.8 Å². The van der Waals surface area contributed by atoms with Crippen LogP contribution >= 0.6 is 0 Å². The molecule has 0 aromatic rings. The number of rotatable bonds is 3. The fourth-order valence-electron chi connectivity index (χ4n) is 5.49. The summed E-state index contributed by atoms with van der Waals surface area (Å²) in [5, 5.41) is 2.95. The van der Waals surface area contributed by atoms with Gasteiger partial charge in [-0.2, -0.15) is 0 Å². The number of piperazine rings is 1. The second-order valence-corrected chi connectivity index (χ2v) is 7.77. The van der Waals surface area contributed by atoms with Crippen molar-refractivity contribution in [3.63, 3.8) is 0 Å². The van der Waals surface area contributed by atoms with Crippen LogP contribution in [0.5, 0.6) is 0 Å². The molecule has 7 unspecified atom stereocenters. The standard InChI is InChI=1S/C17H26N2O2/c1-4-8(2)14-17(21)19(9(3)16(20)18-14)15-12-10-5-6-11(7-10)13(12)15/h8-15H,4-7H2,1-3H3,(H,18,20). The van der Waals surface area contributed by atoms with Gasteiger partial charge in [-0.1, -0.05) is 20.3 Å². The van der Waals surface area contributed by atoms with Crippen molar-refractivity contribution in [3.05, 3.63) is 0 Å². The Morgan fingerprint density at radius 1 is 1.24 bits per heavy atom. The summed E-state index contributed by atoms with van der Waals surface area (Å²) in [7, 11) is 0. The van der Waals surface area contributed by atoms with Gasteiger partial charge < -0.3 is 10.2 Å². The van der Waals surface area contributed by atoms with E-state index in [4.69, 9.17) is 0 Å². The number of carbonyl (C=O) groups excluding carboxylic acids is 2. The van der Waals surface area contributed by atoms with Gasteiger partial charge in [0.2, 0.25) is 11.8 Å². The van der Waals surface area contributed by atoms with Gasteiger partial charge in [0.15, 0.2) is 0 Å². The van der Waals surface area contributed by atoms with Crippen LogP contribution in [0, 0.1) is 29.6 Å². The summed E-state index contributed by atoms with van der Waals surface area (Å²) in [5.74, 6) is 3.51. The molecule has 1 heterocycles. The molecule has 1 N–H and O–H groups in total. The lowest BCUT2D eigenvalue weighted by molar-refractivity contribution is -0.151. The first-order valence-corrected chi connectivity index (χ1v) is 8.67. The SMILES string of the molecule is CCC(C)C1NC(=O)C(C)N(C2C3C4CCC(C4)C32)C1=O. The molecule has 4 aliphatic rings. The molecule has 2 amide bonds. The van der Waals surface area contributed by atoms with Crippen molar-refractivity contribution in [3.8, 4) is 0 Å². The van der Waals surface area contributed by atoms with E-state index in [2.05, 4.69) is 19.2 Å². The molecule has 7 atom stereocenters. The number of nitrogens with one attached hydrogen (secondary N) is 1. The fraction of sp³-hybridized carbons (Fsp3) is 0.882. The molecule has 1 aliphatic heterocycles. The number of hydrogen-bond acceptors (Lipinski definition) is 2. The van der Waals surface area contributed by atoms with Gasteiger partial charge in [-0.25, -0.2) is 0 Å². The van der Waals surface area contributed by atoms with Crippen molar-refractivity contribution in [2.45, 2.75) is 64.6 Å². The molecular formula is C17H26N2O2. The van der Waals surface area contributed by atoms with E-state index in [0.717, 1.165) is 18.3 Å². The van der Waals surface area contributed by atoms with E-state index in [0.29, 0.717) is 17.9 Å². The summed E-state index contributed by atoms with van der Waals surface area (Å²) < 4.78 is 0. The van der Waals surface area contributed by atoms with E-state index in [1.165, 1.54) is 19.3 Å². The molecule has 4 rings (SSSR count). The Morgan fingerprint density at radius 3 is 2.43 bits per heavy atom. The van der Waals surface area contributed by atoms with Gasteiger partial charge in [-0.05, 0) is 55.8 Å². The average Bonchev–Trinajstić information content (AvgIpc) is 2.89. The zero-order valence-electron chi connectivity index (χ0n) is 13.2. The minimum atomic E-state index is -0.308. The van der Waals surface area contributed by atoms with Crippen molar-refractivity contribution < 1.29 is 9.59 Å². The summed E-state index contributed by atoms with van der Waals surface area (Å²) in [6.45, 7) is 6.04. The van der Waals surface area contributed by atoms with Crippen LogP contribution in [0.1, 0.15) is 46.5 Å². The third kappa shape index (κ3) is 1.74. The summed E-state index contributed by atoms with van der Waals surface area (Å²) in [6, 6.07) is -0.221. The van der Waals surface area contributed by atoms with Gasteiger partial charge in [0.05, 0.1) is 0 Å². The molecule has 0 aromatic heterocycles. The van der Waals surface area contributed by atoms with Crippen molar-refractivity contribution in [2.24, 2.45) is 29.6 Å². The Morgan fingerprint density at radius 2 is 1.86 bits per heavy atom. The van der Waals surface area contributed by atoms with Crippen LogP contribution in [-0.2, 0) is 9.59 Å². The average molecular weight is 290 g/mol. The number of carbonyl (C=O) groups is 2. The quantitative estimate of drug-likeness (QED) is 0.861. The molecule has 2 bridgehead atoms. The lowest BCUT2D eigenvalue weighted by Gasteiger charge is -2.40. The van der Waals surface area contributed by atoms with E-state index in [1.54, 1.807) is 0 Å². The van der Waals surface area contributed by atoms with Crippen molar-refractivity contribution in [2.75, 3.05) is 0 Å². The van der Waals surface area contributed by atoms with Gasteiger partial charge in [0.25, 0.3) is 0 Å².